The molecule has 1 rings (SSSR count). The van der Waals surface area contributed by atoms with Crippen LogP contribution in [-0.2, 0) is 14.6 Å². The number of ether oxygens (including phenoxy) is 1. The molecule has 4 atom stereocenters. The quantitative estimate of drug-likeness (QED) is 0.631. The zero-order valence-electron chi connectivity index (χ0n) is 5.45. The predicted molar refractivity (Wildman–Crippen MR) is 48.6 cm³/mol. The second-order valence-corrected chi connectivity index (χ2v) is 6.64. The van der Waals surface area contributed by atoms with Gasteiger partial charge in [-0.1, -0.05) is 23.2 Å². The van der Waals surface area contributed by atoms with E-state index in [9.17, 15) is 8.42 Å². The van der Waals surface area contributed by atoms with Crippen molar-refractivity contribution in [2.24, 2.45) is 0 Å². The van der Waals surface area contributed by atoms with Gasteiger partial charge in [0.15, 0.2) is 30.4 Å². The Morgan fingerprint density at radius 2 is 1.25 bits per heavy atom. The maximum atomic E-state index is 11.2. The highest BCUT2D eigenvalue weighted by molar-refractivity contribution is 7.95. The minimum absolute atomic E-state index is 1.16. The van der Waals surface area contributed by atoms with Gasteiger partial charge in [0.25, 0.3) is 0 Å². The summed E-state index contributed by atoms with van der Waals surface area (Å²) >= 11 is 21.7. The van der Waals surface area contributed by atoms with Crippen molar-refractivity contribution in [1.29, 1.82) is 0 Å². The second kappa shape index (κ2) is 3.67. The Balaban J connectivity index is 2.98. The smallest absolute Gasteiger partial charge is 0.191 e. The molecular weight excluding hydrogens is 270 g/mol. The van der Waals surface area contributed by atoms with Crippen LogP contribution in [0.1, 0.15) is 0 Å². The van der Waals surface area contributed by atoms with Crippen molar-refractivity contribution in [3.05, 3.63) is 0 Å². The summed E-state index contributed by atoms with van der Waals surface area (Å²) in [6.07, 6.45) is 0. The van der Waals surface area contributed by atoms with Gasteiger partial charge in [-0.25, -0.2) is 8.42 Å². The van der Waals surface area contributed by atoms with E-state index in [1.807, 2.05) is 0 Å². The molecule has 0 amide bonds. The van der Waals surface area contributed by atoms with Crippen LogP contribution in [0, 0.1) is 0 Å². The standard InChI is InChI=1S/C4H4Cl4O3S/c5-1-3(7)12(9,10)4(8)2(6)11-1/h1-4H. The molecule has 4 unspecified atom stereocenters. The monoisotopic (exact) mass is 272 g/mol. The molecule has 0 aromatic rings. The predicted octanol–water partition coefficient (Wildman–Crippen LogP) is 1.69. The number of rotatable bonds is 0. The average molecular weight is 274 g/mol. The molecule has 1 fully saturated rings. The molecule has 0 aliphatic carbocycles. The molecule has 8 heteroatoms. The van der Waals surface area contributed by atoms with Crippen molar-refractivity contribution < 1.29 is 13.2 Å². The Kier molecular flexibility index (Phi) is 3.41. The molecule has 1 aliphatic heterocycles. The summed E-state index contributed by atoms with van der Waals surface area (Å²) < 4.78 is 24.5. The highest BCUT2D eigenvalue weighted by Crippen LogP contribution is 2.34. The lowest BCUT2D eigenvalue weighted by atomic mass is 10.7. The third kappa shape index (κ3) is 1.79. The fraction of sp³-hybridized carbons (Fsp3) is 1.00. The highest BCUT2D eigenvalue weighted by atomic mass is 35.5. The molecule has 1 aliphatic rings. The molecule has 0 radical (unpaired) electrons. The van der Waals surface area contributed by atoms with E-state index < -0.39 is 30.4 Å². The topological polar surface area (TPSA) is 43.4 Å². The molecule has 1 saturated heterocycles. The Labute approximate surface area is 89.8 Å². The molecule has 0 aromatic heterocycles. The normalized spacial score (nSPS) is 47.3. The fourth-order valence-corrected chi connectivity index (χ4v) is 3.72. The minimum atomic E-state index is -3.70. The van der Waals surface area contributed by atoms with Crippen molar-refractivity contribution >= 4 is 56.2 Å². The second-order valence-electron chi connectivity index (χ2n) is 2.13. The summed E-state index contributed by atoms with van der Waals surface area (Å²) in [4.78, 5) is 0. The lowest BCUT2D eigenvalue weighted by molar-refractivity contribution is 0.0869. The van der Waals surface area contributed by atoms with E-state index in [0.29, 0.717) is 0 Å². The molecule has 0 bridgehead atoms. The fourth-order valence-electron chi connectivity index (χ4n) is 0.670. The van der Waals surface area contributed by atoms with Crippen molar-refractivity contribution in [3.8, 4) is 0 Å². The summed E-state index contributed by atoms with van der Waals surface area (Å²) in [6.45, 7) is 0. The zero-order chi connectivity index (χ0) is 9.52. The summed E-state index contributed by atoms with van der Waals surface area (Å²) in [5, 5.41) is 0. The maximum Gasteiger partial charge on any atom is 0.191 e. The zero-order valence-corrected chi connectivity index (χ0v) is 9.29. The lowest BCUT2D eigenvalue weighted by Gasteiger charge is -2.29. The van der Waals surface area contributed by atoms with Crippen molar-refractivity contribution in [3.63, 3.8) is 0 Å². The van der Waals surface area contributed by atoms with Gasteiger partial charge in [0, 0.05) is 0 Å². The average Bonchev–Trinajstić information content (AvgIpc) is 1.99. The number of sulfone groups is 1. The first-order chi connectivity index (χ1) is 5.37. The third-order valence-corrected chi connectivity index (χ3v) is 6.26. The first-order valence-corrected chi connectivity index (χ1v) is 6.17. The molecule has 72 valence electrons. The van der Waals surface area contributed by atoms with E-state index in [1.54, 1.807) is 0 Å². The summed E-state index contributed by atoms with van der Waals surface area (Å²) in [7, 11) is -3.70. The van der Waals surface area contributed by atoms with E-state index in [4.69, 9.17) is 51.1 Å². The first-order valence-electron chi connectivity index (χ1n) is 2.82. The van der Waals surface area contributed by atoms with E-state index in [2.05, 4.69) is 0 Å². The van der Waals surface area contributed by atoms with Crippen LogP contribution in [0.25, 0.3) is 0 Å². The number of hydrogen-bond acceptors (Lipinski definition) is 3. The SMILES string of the molecule is O=S1(=O)C(Cl)C(Cl)OC(Cl)C1Cl. The summed E-state index contributed by atoms with van der Waals surface area (Å²) in [6, 6.07) is 0. The molecular formula is C4H4Cl4O3S. The van der Waals surface area contributed by atoms with Gasteiger partial charge >= 0.3 is 0 Å². The molecule has 12 heavy (non-hydrogen) atoms. The molecule has 0 spiro atoms. The number of halogens is 4. The Morgan fingerprint density at radius 1 is 0.917 bits per heavy atom. The third-order valence-electron chi connectivity index (χ3n) is 1.30. The summed E-state index contributed by atoms with van der Waals surface area (Å²) in [5.74, 6) is 0. The van der Waals surface area contributed by atoms with Crippen LogP contribution in [0.5, 0.6) is 0 Å². The van der Waals surface area contributed by atoms with Crippen LogP contribution < -0.4 is 0 Å². The van der Waals surface area contributed by atoms with E-state index in [1.165, 1.54) is 0 Å². The highest BCUT2D eigenvalue weighted by Gasteiger charge is 2.47. The van der Waals surface area contributed by atoms with Crippen molar-refractivity contribution in [1.82, 2.24) is 0 Å². The van der Waals surface area contributed by atoms with Gasteiger partial charge in [-0.2, -0.15) is 0 Å². The summed E-state index contributed by atoms with van der Waals surface area (Å²) in [5.41, 5.74) is -2.32. The number of hydrogen-bond donors (Lipinski definition) is 0. The van der Waals surface area contributed by atoms with Gasteiger partial charge in [0.05, 0.1) is 0 Å². The molecule has 0 aromatic carbocycles. The van der Waals surface area contributed by atoms with Gasteiger partial charge in [-0.05, 0) is 0 Å². The van der Waals surface area contributed by atoms with E-state index in [-0.39, 0.29) is 0 Å². The van der Waals surface area contributed by atoms with E-state index in [0.717, 1.165) is 0 Å². The maximum absolute atomic E-state index is 11.2. The lowest BCUT2D eigenvalue weighted by Crippen LogP contribution is -2.45. The van der Waals surface area contributed by atoms with Gasteiger partial charge in [0.1, 0.15) is 0 Å². The van der Waals surface area contributed by atoms with Gasteiger partial charge in [-0.15, -0.1) is 23.2 Å². The van der Waals surface area contributed by atoms with Crippen molar-refractivity contribution in [2.45, 2.75) is 20.5 Å². The molecule has 3 nitrogen and oxygen atoms in total. The number of alkyl halides is 4. The molecule has 0 saturated carbocycles. The Hall–Kier alpha value is 1.07. The van der Waals surface area contributed by atoms with Gasteiger partial charge < -0.3 is 4.74 Å². The Bertz CT molecular complexity index is 245. The van der Waals surface area contributed by atoms with Crippen LogP contribution >= 0.6 is 46.4 Å². The first kappa shape index (κ1) is 11.1. The van der Waals surface area contributed by atoms with Crippen LogP contribution in [0.3, 0.4) is 0 Å². The molecule has 1 heterocycles. The van der Waals surface area contributed by atoms with Gasteiger partial charge in [-0.3, -0.25) is 0 Å². The largest absolute Gasteiger partial charge is 0.338 e. The van der Waals surface area contributed by atoms with Gasteiger partial charge in [0.2, 0.25) is 0 Å². The van der Waals surface area contributed by atoms with Crippen molar-refractivity contribution in [2.75, 3.05) is 0 Å². The Morgan fingerprint density at radius 3 is 1.58 bits per heavy atom. The van der Waals surface area contributed by atoms with E-state index >= 15 is 0 Å². The molecule has 0 N–H and O–H groups in total. The van der Waals surface area contributed by atoms with Crippen LogP contribution in [0.2, 0.25) is 0 Å². The minimum Gasteiger partial charge on any atom is -0.338 e. The van der Waals surface area contributed by atoms with Crippen LogP contribution in [0.15, 0.2) is 0 Å². The van der Waals surface area contributed by atoms with Crippen LogP contribution in [-0.4, -0.2) is 29.0 Å². The van der Waals surface area contributed by atoms with Crippen LogP contribution in [0.4, 0.5) is 0 Å².